The lowest BCUT2D eigenvalue weighted by Crippen LogP contribution is -2.32. The summed E-state index contributed by atoms with van der Waals surface area (Å²) in [6.45, 7) is 2.44. The van der Waals surface area contributed by atoms with Gasteiger partial charge in [-0.3, -0.25) is 4.79 Å². The van der Waals surface area contributed by atoms with Gasteiger partial charge in [0.2, 0.25) is 5.91 Å². The molecule has 0 fully saturated rings. The normalized spacial score (nSPS) is 12.1. The average Bonchev–Trinajstić information content (AvgIpc) is 3.12. The Morgan fingerprint density at radius 3 is 2.84 bits per heavy atom. The molecular formula is C17H19N5O2S. The maximum Gasteiger partial charge on any atom is 0.233 e. The molecule has 2 aromatic heterocycles. The van der Waals surface area contributed by atoms with Crippen LogP contribution in [0.1, 0.15) is 12.5 Å². The number of aromatic amines is 1. The van der Waals surface area contributed by atoms with Gasteiger partial charge in [0.25, 0.3) is 0 Å². The number of imidazole rings is 1. The van der Waals surface area contributed by atoms with Gasteiger partial charge in [0, 0.05) is 6.54 Å². The first-order valence-corrected chi connectivity index (χ1v) is 8.76. The number of thioether (sulfide) groups is 1. The predicted molar refractivity (Wildman–Crippen MR) is 96.7 cm³/mol. The molecule has 2 N–H and O–H groups in total. The summed E-state index contributed by atoms with van der Waals surface area (Å²) in [5.74, 6) is 0.803. The topological polar surface area (TPSA) is 92.8 Å². The molecule has 0 saturated carbocycles. The van der Waals surface area contributed by atoms with Crippen LogP contribution in [0.3, 0.4) is 0 Å². The number of nitrogens with one attached hydrogen (secondary N) is 2. The zero-order valence-electron chi connectivity index (χ0n) is 14.0. The number of H-pyrrole nitrogens is 1. The molecule has 0 aliphatic heterocycles. The number of nitrogens with zero attached hydrogens (tertiary/aromatic N) is 3. The van der Waals surface area contributed by atoms with Crippen LogP contribution < -0.4 is 10.1 Å². The van der Waals surface area contributed by atoms with Crippen LogP contribution in [0.5, 0.6) is 5.75 Å². The van der Waals surface area contributed by atoms with Gasteiger partial charge in [-0.25, -0.2) is 15.0 Å². The van der Waals surface area contributed by atoms with Gasteiger partial charge in [-0.15, -0.1) is 0 Å². The molecule has 0 bridgehead atoms. The van der Waals surface area contributed by atoms with Crippen molar-refractivity contribution in [3.05, 3.63) is 42.5 Å². The van der Waals surface area contributed by atoms with Crippen LogP contribution in [-0.4, -0.2) is 44.7 Å². The highest BCUT2D eigenvalue weighted by molar-refractivity contribution is 8.00. The van der Waals surface area contributed by atoms with Gasteiger partial charge >= 0.3 is 0 Å². The number of ether oxygens (including phenoxy) is 1. The molecule has 130 valence electrons. The highest BCUT2D eigenvalue weighted by Gasteiger charge is 2.17. The number of carbonyl (C=O) groups excluding carboxylic acids is 1. The molecule has 8 heteroatoms. The number of benzene rings is 1. The van der Waals surface area contributed by atoms with E-state index in [9.17, 15) is 4.79 Å². The summed E-state index contributed by atoms with van der Waals surface area (Å²) in [7, 11) is 1.64. The Morgan fingerprint density at radius 2 is 2.08 bits per heavy atom. The number of carbonyl (C=O) groups is 1. The first-order valence-electron chi connectivity index (χ1n) is 7.88. The highest BCUT2D eigenvalue weighted by Crippen LogP contribution is 2.25. The molecule has 3 rings (SSSR count). The fourth-order valence-corrected chi connectivity index (χ4v) is 3.22. The Bertz CT molecular complexity index is 850. The summed E-state index contributed by atoms with van der Waals surface area (Å²) < 4.78 is 5.13. The quantitative estimate of drug-likeness (QED) is 0.497. The number of methoxy groups -OCH3 is 1. The molecule has 0 spiro atoms. The number of hydrogen-bond donors (Lipinski definition) is 2. The van der Waals surface area contributed by atoms with Crippen molar-refractivity contribution in [2.24, 2.45) is 0 Å². The van der Waals surface area contributed by atoms with Gasteiger partial charge in [-0.05, 0) is 31.0 Å². The van der Waals surface area contributed by atoms with Crippen molar-refractivity contribution in [3.63, 3.8) is 0 Å². The first kappa shape index (κ1) is 17.2. The van der Waals surface area contributed by atoms with Gasteiger partial charge in [0.1, 0.15) is 22.6 Å². The van der Waals surface area contributed by atoms with Crippen molar-refractivity contribution >= 4 is 28.8 Å². The van der Waals surface area contributed by atoms with Crippen LogP contribution in [0.4, 0.5) is 0 Å². The van der Waals surface area contributed by atoms with E-state index in [1.54, 1.807) is 13.4 Å². The minimum absolute atomic E-state index is 0.0233. The molecule has 0 aliphatic rings. The van der Waals surface area contributed by atoms with Crippen molar-refractivity contribution in [1.29, 1.82) is 0 Å². The largest absolute Gasteiger partial charge is 0.497 e. The minimum Gasteiger partial charge on any atom is -0.497 e. The molecule has 25 heavy (non-hydrogen) atoms. The summed E-state index contributed by atoms with van der Waals surface area (Å²) >= 11 is 1.39. The van der Waals surface area contributed by atoms with Gasteiger partial charge < -0.3 is 15.0 Å². The minimum atomic E-state index is -0.266. The smallest absolute Gasteiger partial charge is 0.233 e. The molecule has 0 radical (unpaired) electrons. The van der Waals surface area contributed by atoms with E-state index in [2.05, 4.69) is 25.3 Å². The van der Waals surface area contributed by atoms with E-state index < -0.39 is 0 Å². The zero-order valence-corrected chi connectivity index (χ0v) is 14.8. The van der Waals surface area contributed by atoms with Gasteiger partial charge in [-0.1, -0.05) is 23.9 Å². The second kappa shape index (κ2) is 7.98. The van der Waals surface area contributed by atoms with E-state index in [0.717, 1.165) is 28.3 Å². The Kier molecular flexibility index (Phi) is 5.49. The maximum atomic E-state index is 12.3. The second-order valence-electron chi connectivity index (χ2n) is 5.43. The zero-order chi connectivity index (χ0) is 17.6. The number of fused-ring (bicyclic) bond motifs is 1. The molecule has 1 aromatic carbocycles. The fraction of sp³-hybridized carbons (Fsp3) is 0.294. The van der Waals surface area contributed by atoms with Crippen molar-refractivity contribution in [2.75, 3.05) is 13.7 Å². The first-order chi connectivity index (χ1) is 12.2. The van der Waals surface area contributed by atoms with Crippen LogP contribution in [0.2, 0.25) is 0 Å². The van der Waals surface area contributed by atoms with Crippen LogP contribution in [0.25, 0.3) is 11.2 Å². The van der Waals surface area contributed by atoms with E-state index in [0.29, 0.717) is 12.2 Å². The Hall–Kier alpha value is -2.61. The lowest BCUT2D eigenvalue weighted by atomic mass is 10.1. The van der Waals surface area contributed by atoms with E-state index in [1.807, 2.05) is 31.2 Å². The molecular weight excluding hydrogens is 338 g/mol. The Morgan fingerprint density at radius 1 is 1.28 bits per heavy atom. The molecule has 1 amide bonds. The molecule has 0 unspecified atom stereocenters. The van der Waals surface area contributed by atoms with Gasteiger partial charge in [-0.2, -0.15) is 0 Å². The summed E-state index contributed by atoms with van der Waals surface area (Å²) in [5.41, 5.74) is 2.51. The Labute approximate surface area is 149 Å². The van der Waals surface area contributed by atoms with Crippen LogP contribution in [0.15, 0.2) is 41.9 Å². The number of rotatable bonds is 7. The number of hydrogen-bond acceptors (Lipinski definition) is 6. The molecule has 3 aromatic rings. The maximum absolute atomic E-state index is 12.3. The van der Waals surface area contributed by atoms with Crippen LogP contribution >= 0.6 is 11.8 Å². The molecule has 7 nitrogen and oxygen atoms in total. The predicted octanol–water partition coefficient (Wildman–Crippen LogP) is 2.20. The van der Waals surface area contributed by atoms with Gasteiger partial charge in [0.05, 0.1) is 18.7 Å². The summed E-state index contributed by atoms with van der Waals surface area (Å²) in [5, 5.41) is 3.42. The fourth-order valence-electron chi connectivity index (χ4n) is 2.32. The Balaban J connectivity index is 1.51. The van der Waals surface area contributed by atoms with Crippen LogP contribution in [-0.2, 0) is 11.2 Å². The third-order valence-electron chi connectivity index (χ3n) is 3.72. The number of amides is 1. The molecule has 1 atom stereocenters. The SMILES string of the molecule is COc1ccc(CCNC(=O)[C@@H](C)Sc2ncnc3nc[nH]c23)cc1. The molecule has 0 saturated heterocycles. The van der Waals surface area contributed by atoms with Crippen molar-refractivity contribution in [2.45, 2.75) is 23.6 Å². The lowest BCUT2D eigenvalue weighted by molar-refractivity contribution is -0.120. The molecule has 0 aliphatic carbocycles. The van der Waals surface area contributed by atoms with E-state index in [1.165, 1.54) is 18.1 Å². The van der Waals surface area contributed by atoms with E-state index in [-0.39, 0.29) is 11.2 Å². The third-order valence-corrected chi connectivity index (χ3v) is 4.82. The van der Waals surface area contributed by atoms with Crippen molar-refractivity contribution in [3.8, 4) is 5.75 Å². The van der Waals surface area contributed by atoms with Crippen molar-refractivity contribution in [1.82, 2.24) is 25.3 Å². The van der Waals surface area contributed by atoms with E-state index >= 15 is 0 Å². The average molecular weight is 357 g/mol. The molecule has 2 heterocycles. The third kappa shape index (κ3) is 4.27. The van der Waals surface area contributed by atoms with E-state index in [4.69, 9.17) is 4.74 Å². The lowest BCUT2D eigenvalue weighted by Gasteiger charge is -2.12. The second-order valence-corrected chi connectivity index (χ2v) is 6.76. The van der Waals surface area contributed by atoms with Crippen LogP contribution in [0, 0.1) is 0 Å². The summed E-state index contributed by atoms with van der Waals surface area (Å²) in [6, 6.07) is 7.83. The standard InChI is InChI=1S/C17H19N5O2S/c1-11(25-17-14-15(20-9-19-14)21-10-22-17)16(23)18-8-7-12-3-5-13(24-2)6-4-12/h3-6,9-11H,7-8H2,1-2H3,(H,18,23)(H,19,20,21,22)/t11-/m1/s1. The monoisotopic (exact) mass is 357 g/mol. The highest BCUT2D eigenvalue weighted by atomic mass is 32.2. The number of aromatic nitrogens is 4. The summed E-state index contributed by atoms with van der Waals surface area (Å²) in [6.07, 6.45) is 3.80. The van der Waals surface area contributed by atoms with Crippen molar-refractivity contribution < 1.29 is 9.53 Å². The van der Waals surface area contributed by atoms with Gasteiger partial charge in [0.15, 0.2) is 5.65 Å². The summed E-state index contributed by atoms with van der Waals surface area (Å²) in [4.78, 5) is 27.7.